The molecule has 7 rings (SSSR count). The highest BCUT2D eigenvalue weighted by atomic mass is 28.4. The maximum absolute atomic E-state index is 7.10. The molecule has 10 atom stereocenters. The summed E-state index contributed by atoms with van der Waals surface area (Å²) in [5, 5.41) is -0.145. The van der Waals surface area contributed by atoms with Crippen molar-refractivity contribution in [3.8, 4) is 0 Å². The van der Waals surface area contributed by atoms with E-state index in [0.29, 0.717) is 26.4 Å². The fraction of sp³-hybridized carbons (Fsp3) is 0.692. The molecule has 2 aromatic carbocycles. The van der Waals surface area contributed by atoms with Gasteiger partial charge in [0.2, 0.25) is 0 Å². The molecule has 8 nitrogen and oxygen atoms in total. The Hall–Kier alpha value is -1.66. The molecule has 0 amide bonds. The fourth-order valence-electron chi connectivity index (χ4n) is 8.85. The average Bonchev–Trinajstić information content (AvgIpc) is 3.23. The standard InChI is InChI=1S/C39H56O8Si/c1-38(2,3)48(39(4,5)6)42-25-37-35(47-48)21-32-29(44-37)18-17-28-31(45-32)20-34-33(43-28)19-30(41-23-27-15-11-8-12-16-27)36(46-34)24-40-22-26-13-9-7-10-14-26/h7-16,28-37H,17-25H2,1-6H3/t28-,29+,30-,31+,32-,33+,34-,35+,36+,37-/m1/s1. The summed E-state index contributed by atoms with van der Waals surface area (Å²) in [6.07, 6.45) is 3.55. The first kappa shape index (κ1) is 34.8. The molecule has 0 radical (unpaired) electrons. The van der Waals surface area contributed by atoms with Crippen LogP contribution in [0, 0.1) is 0 Å². The number of benzene rings is 2. The van der Waals surface area contributed by atoms with Crippen molar-refractivity contribution in [2.24, 2.45) is 0 Å². The average molecular weight is 681 g/mol. The van der Waals surface area contributed by atoms with E-state index in [1.54, 1.807) is 0 Å². The van der Waals surface area contributed by atoms with E-state index in [2.05, 4.69) is 65.8 Å². The zero-order chi connectivity index (χ0) is 33.5. The third kappa shape index (κ3) is 7.23. The number of ether oxygens (including phenoxy) is 6. The summed E-state index contributed by atoms with van der Waals surface area (Å²) in [5.74, 6) is 0. The van der Waals surface area contributed by atoms with Crippen LogP contribution in [0.25, 0.3) is 0 Å². The van der Waals surface area contributed by atoms with Crippen LogP contribution in [0.15, 0.2) is 60.7 Å². The van der Waals surface area contributed by atoms with Crippen molar-refractivity contribution in [2.75, 3.05) is 13.2 Å². The topological polar surface area (TPSA) is 73.8 Å². The van der Waals surface area contributed by atoms with Crippen molar-refractivity contribution in [1.29, 1.82) is 0 Å². The second kappa shape index (κ2) is 14.2. The molecule has 48 heavy (non-hydrogen) atoms. The first-order valence-corrected chi connectivity index (χ1v) is 20.0. The Kier molecular flexibility index (Phi) is 10.3. The van der Waals surface area contributed by atoms with Gasteiger partial charge in [0.1, 0.15) is 12.2 Å². The summed E-state index contributed by atoms with van der Waals surface area (Å²) >= 11 is 0. The maximum Gasteiger partial charge on any atom is 0.349 e. The van der Waals surface area contributed by atoms with Crippen LogP contribution in [-0.4, -0.2) is 82.8 Å². The fourth-order valence-corrected chi connectivity index (χ4v) is 13.8. The Morgan fingerprint density at radius 1 is 0.604 bits per heavy atom. The summed E-state index contributed by atoms with van der Waals surface area (Å²) in [4.78, 5) is 0. The van der Waals surface area contributed by atoms with Crippen molar-refractivity contribution in [2.45, 2.75) is 158 Å². The lowest BCUT2D eigenvalue weighted by atomic mass is 9.89. The van der Waals surface area contributed by atoms with Gasteiger partial charge in [-0.25, -0.2) is 0 Å². The SMILES string of the molecule is CC(C)(C)[Si]1(C(C)(C)C)OC[C@H]2O[C@H]3CC[C@H]4O[C@H]5C[C@@H](OCc6ccccc6)[C@H](COCc6ccccc6)O[C@@H]5C[C@@H]4O[C@@H]3C[C@@H]2O1. The van der Waals surface area contributed by atoms with E-state index in [0.717, 1.165) is 43.2 Å². The van der Waals surface area contributed by atoms with Gasteiger partial charge in [-0.05, 0) is 24.0 Å². The minimum atomic E-state index is -2.60. The van der Waals surface area contributed by atoms with E-state index >= 15 is 0 Å². The molecule has 0 aliphatic carbocycles. The molecule has 5 aliphatic rings. The lowest BCUT2D eigenvalue weighted by Gasteiger charge is -2.56. The third-order valence-electron chi connectivity index (χ3n) is 11.0. The first-order valence-electron chi connectivity index (χ1n) is 18.2. The van der Waals surface area contributed by atoms with E-state index in [4.69, 9.17) is 37.3 Å². The van der Waals surface area contributed by atoms with E-state index in [9.17, 15) is 0 Å². The summed E-state index contributed by atoms with van der Waals surface area (Å²) in [5.41, 5.74) is 2.29. The highest BCUT2D eigenvalue weighted by molar-refractivity contribution is 6.73. The first-order chi connectivity index (χ1) is 23.0. The predicted octanol–water partition coefficient (Wildman–Crippen LogP) is 7.27. The van der Waals surface area contributed by atoms with Crippen molar-refractivity contribution in [3.05, 3.63) is 71.8 Å². The molecular weight excluding hydrogens is 625 g/mol. The van der Waals surface area contributed by atoms with E-state index < -0.39 is 8.56 Å². The van der Waals surface area contributed by atoms with Crippen LogP contribution >= 0.6 is 0 Å². The number of fused-ring (bicyclic) bond motifs is 4. The highest BCUT2D eigenvalue weighted by Crippen LogP contribution is 2.55. The molecule has 0 spiro atoms. The third-order valence-corrected chi connectivity index (χ3v) is 16.2. The van der Waals surface area contributed by atoms with Gasteiger partial charge in [0.15, 0.2) is 0 Å². The number of rotatable bonds is 7. The van der Waals surface area contributed by atoms with Crippen LogP contribution in [0.4, 0.5) is 0 Å². The zero-order valence-electron chi connectivity index (χ0n) is 29.7. The van der Waals surface area contributed by atoms with Crippen molar-refractivity contribution in [3.63, 3.8) is 0 Å². The molecule has 5 fully saturated rings. The van der Waals surface area contributed by atoms with Gasteiger partial charge in [0.05, 0.1) is 75.3 Å². The largest absolute Gasteiger partial charge is 0.391 e. The smallest absolute Gasteiger partial charge is 0.349 e. The second-order valence-electron chi connectivity index (χ2n) is 16.6. The normalized spacial score (nSPS) is 36.5. The van der Waals surface area contributed by atoms with Crippen molar-refractivity contribution >= 4 is 8.56 Å². The van der Waals surface area contributed by atoms with Gasteiger partial charge in [0.25, 0.3) is 0 Å². The Morgan fingerprint density at radius 2 is 1.12 bits per heavy atom. The number of hydrogen-bond acceptors (Lipinski definition) is 8. The molecule has 5 heterocycles. The van der Waals surface area contributed by atoms with Gasteiger partial charge >= 0.3 is 8.56 Å². The minimum Gasteiger partial charge on any atom is -0.391 e. The van der Waals surface area contributed by atoms with Gasteiger partial charge in [-0.15, -0.1) is 0 Å². The Labute approximate surface area is 288 Å². The highest BCUT2D eigenvalue weighted by Gasteiger charge is 2.63. The molecule has 0 aromatic heterocycles. The van der Waals surface area contributed by atoms with E-state index in [1.165, 1.54) is 0 Å². The molecule has 264 valence electrons. The molecule has 0 bridgehead atoms. The number of hydrogen-bond donors (Lipinski definition) is 0. The second-order valence-corrected chi connectivity index (χ2v) is 21.3. The van der Waals surface area contributed by atoms with Crippen molar-refractivity contribution in [1.82, 2.24) is 0 Å². The Bertz CT molecular complexity index is 1310. The summed E-state index contributed by atoms with van der Waals surface area (Å²) in [6, 6.07) is 20.6. The molecule has 5 aliphatic heterocycles. The van der Waals surface area contributed by atoms with Gasteiger partial charge in [-0.2, -0.15) is 0 Å². The molecule has 2 aromatic rings. The van der Waals surface area contributed by atoms with Crippen LogP contribution in [0.5, 0.6) is 0 Å². The monoisotopic (exact) mass is 680 g/mol. The summed E-state index contributed by atoms with van der Waals surface area (Å²) in [6.45, 7) is 15.7. The van der Waals surface area contributed by atoms with Crippen LogP contribution in [0.3, 0.4) is 0 Å². The van der Waals surface area contributed by atoms with Gasteiger partial charge < -0.3 is 37.3 Å². The van der Waals surface area contributed by atoms with Gasteiger partial charge in [0, 0.05) is 29.3 Å². The molecule has 0 unspecified atom stereocenters. The van der Waals surface area contributed by atoms with E-state index in [-0.39, 0.29) is 71.1 Å². The molecule has 5 saturated heterocycles. The Balaban J connectivity index is 1.02. The molecular formula is C39H56O8Si. The zero-order valence-corrected chi connectivity index (χ0v) is 30.7. The summed E-state index contributed by atoms with van der Waals surface area (Å²) in [7, 11) is -2.60. The van der Waals surface area contributed by atoms with Crippen LogP contribution in [0.1, 0.15) is 84.8 Å². The lowest BCUT2D eigenvalue weighted by Crippen LogP contribution is -2.67. The summed E-state index contributed by atoms with van der Waals surface area (Å²) < 4.78 is 54.0. The van der Waals surface area contributed by atoms with Crippen molar-refractivity contribution < 1.29 is 37.3 Å². The minimum absolute atomic E-state index is 0.00140. The van der Waals surface area contributed by atoms with Crippen LogP contribution < -0.4 is 0 Å². The van der Waals surface area contributed by atoms with Crippen LogP contribution in [-0.2, 0) is 50.5 Å². The predicted molar refractivity (Wildman–Crippen MR) is 185 cm³/mol. The van der Waals surface area contributed by atoms with Crippen LogP contribution in [0.2, 0.25) is 10.1 Å². The maximum atomic E-state index is 7.10. The quantitative estimate of drug-likeness (QED) is 0.283. The Morgan fingerprint density at radius 3 is 1.75 bits per heavy atom. The molecule has 0 N–H and O–H groups in total. The lowest BCUT2D eigenvalue weighted by molar-refractivity contribution is -0.273. The molecule has 9 heteroatoms. The molecule has 0 saturated carbocycles. The van der Waals surface area contributed by atoms with Gasteiger partial charge in [-0.3, -0.25) is 0 Å². The van der Waals surface area contributed by atoms with E-state index in [1.807, 2.05) is 36.4 Å². The van der Waals surface area contributed by atoms with Gasteiger partial charge in [-0.1, -0.05) is 102 Å².